The molecule has 4 nitrogen and oxygen atoms in total. The van der Waals surface area contributed by atoms with Gasteiger partial charge in [0.1, 0.15) is 0 Å². The third-order valence-corrected chi connectivity index (χ3v) is 6.64. The van der Waals surface area contributed by atoms with E-state index in [1.165, 1.54) is 11.3 Å². The molecule has 2 heterocycles. The molecule has 2 rings (SSSR count). The van der Waals surface area contributed by atoms with E-state index in [4.69, 9.17) is 5.73 Å². The van der Waals surface area contributed by atoms with Gasteiger partial charge in [0, 0.05) is 22.8 Å². The minimum Gasteiger partial charge on any atom is -0.330 e. The van der Waals surface area contributed by atoms with Gasteiger partial charge in [-0.3, -0.25) is 0 Å². The monoisotopic (exact) mass is 288 g/mol. The largest absolute Gasteiger partial charge is 0.330 e. The van der Waals surface area contributed by atoms with Crippen molar-refractivity contribution in [2.75, 3.05) is 19.6 Å². The molecule has 1 aromatic rings. The average molecular weight is 288 g/mol. The predicted molar refractivity (Wildman–Crippen MR) is 74.3 cm³/mol. The van der Waals surface area contributed by atoms with E-state index in [0.29, 0.717) is 30.4 Å². The van der Waals surface area contributed by atoms with Crippen molar-refractivity contribution >= 4 is 21.4 Å². The second-order valence-corrected chi connectivity index (χ2v) is 8.23. The molecule has 102 valence electrons. The second kappa shape index (κ2) is 5.28. The van der Waals surface area contributed by atoms with E-state index in [9.17, 15) is 8.42 Å². The molecule has 0 aromatic carbocycles. The van der Waals surface area contributed by atoms with Gasteiger partial charge in [-0.1, -0.05) is 0 Å². The maximum absolute atomic E-state index is 12.5. The molecule has 1 aliphatic heterocycles. The summed E-state index contributed by atoms with van der Waals surface area (Å²) in [5.74, 6) is 0.474. The van der Waals surface area contributed by atoms with Crippen molar-refractivity contribution in [3.63, 3.8) is 0 Å². The van der Waals surface area contributed by atoms with Crippen molar-refractivity contribution in [3.8, 4) is 0 Å². The maximum atomic E-state index is 12.5. The van der Waals surface area contributed by atoms with Crippen molar-refractivity contribution in [1.29, 1.82) is 0 Å². The predicted octanol–water partition coefficient (Wildman–Crippen LogP) is 1.72. The SMILES string of the molecule is Cc1cc(S(=O)(=O)N2CCC(CN)CC2)c(C)s1. The van der Waals surface area contributed by atoms with Crippen molar-refractivity contribution in [1.82, 2.24) is 4.31 Å². The minimum absolute atomic E-state index is 0.474. The highest BCUT2D eigenvalue weighted by Crippen LogP contribution is 2.29. The quantitative estimate of drug-likeness (QED) is 0.921. The molecular formula is C12H20N2O2S2. The molecule has 1 fully saturated rings. The Hall–Kier alpha value is -0.430. The van der Waals surface area contributed by atoms with Gasteiger partial charge in [0.05, 0.1) is 4.90 Å². The molecule has 0 aliphatic carbocycles. The number of hydrogen-bond acceptors (Lipinski definition) is 4. The van der Waals surface area contributed by atoms with Gasteiger partial charge in [-0.2, -0.15) is 4.31 Å². The summed E-state index contributed by atoms with van der Waals surface area (Å²) in [4.78, 5) is 2.41. The summed E-state index contributed by atoms with van der Waals surface area (Å²) in [6.07, 6.45) is 1.75. The van der Waals surface area contributed by atoms with E-state index in [0.717, 1.165) is 22.6 Å². The molecule has 0 spiro atoms. The zero-order valence-corrected chi connectivity index (χ0v) is 12.5. The molecule has 0 radical (unpaired) electrons. The molecule has 0 unspecified atom stereocenters. The summed E-state index contributed by atoms with van der Waals surface area (Å²) in [5.41, 5.74) is 5.63. The van der Waals surface area contributed by atoms with Gasteiger partial charge < -0.3 is 5.73 Å². The summed E-state index contributed by atoms with van der Waals surface area (Å²) in [7, 11) is -3.30. The number of nitrogens with zero attached hydrogens (tertiary/aromatic N) is 1. The molecular weight excluding hydrogens is 268 g/mol. The van der Waals surface area contributed by atoms with Crippen LogP contribution in [-0.4, -0.2) is 32.4 Å². The first-order valence-electron chi connectivity index (χ1n) is 6.22. The highest BCUT2D eigenvalue weighted by molar-refractivity contribution is 7.89. The smallest absolute Gasteiger partial charge is 0.244 e. The third-order valence-electron chi connectivity index (χ3n) is 3.52. The fourth-order valence-electron chi connectivity index (χ4n) is 2.39. The van der Waals surface area contributed by atoms with Gasteiger partial charge >= 0.3 is 0 Å². The number of hydrogen-bond donors (Lipinski definition) is 1. The lowest BCUT2D eigenvalue weighted by atomic mass is 9.99. The molecule has 1 aromatic heterocycles. The van der Waals surface area contributed by atoms with Gasteiger partial charge in [0.2, 0.25) is 10.0 Å². The van der Waals surface area contributed by atoms with Crippen LogP contribution in [0.5, 0.6) is 0 Å². The fourth-order valence-corrected chi connectivity index (χ4v) is 5.38. The summed E-state index contributed by atoms with van der Waals surface area (Å²) < 4.78 is 26.6. The lowest BCUT2D eigenvalue weighted by Crippen LogP contribution is -2.40. The number of piperidine rings is 1. The van der Waals surface area contributed by atoms with E-state index in [1.54, 1.807) is 10.4 Å². The van der Waals surface area contributed by atoms with E-state index in [-0.39, 0.29) is 0 Å². The molecule has 18 heavy (non-hydrogen) atoms. The molecule has 0 bridgehead atoms. The first kappa shape index (κ1) is 14.0. The Morgan fingerprint density at radius 2 is 2.00 bits per heavy atom. The Morgan fingerprint density at radius 3 is 2.44 bits per heavy atom. The van der Waals surface area contributed by atoms with Crippen LogP contribution in [0.2, 0.25) is 0 Å². The molecule has 0 amide bonds. The first-order chi connectivity index (χ1) is 8.45. The van der Waals surface area contributed by atoms with Gasteiger partial charge in [-0.15, -0.1) is 11.3 Å². The lowest BCUT2D eigenvalue weighted by molar-refractivity contribution is 0.278. The number of nitrogens with two attached hydrogens (primary N) is 1. The summed E-state index contributed by atoms with van der Waals surface area (Å²) in [6, 6.07) is 1.78. The molecule has 6 heteroatoms. The van der Waals surface area contributed by atoms with Crippen LogP contribution in [0.4, 0.5) is 0 Å². The van der Waals surface area contributed by atoms with Crippen molar-refractivity contribution in [2.45, 2.75) is 31.6 Å². The first-order valence-corrected chi connectivity index (χ1v) is 8.48. The van der Waals surface area contributed by atoms with E-state index in [1.807, 2.05) is 13.8 Å². The average Bonchev–Trinajstić information content (AvgIpc) is 2.69. The van der Waals surface area contributed by atoms with Crippen LogP contribution in [-0.2, 0) is 10.0 Å². The fraction of sp³-hybridized carbons (Fsp3) is 0.667. The van der Waals surface area contributed by atoms with Crippen LogP contribution >= 0.6 is 11.3 Å². The Labute approximate surface area is 113 Å². The molecule has 2 N–H and O–H groups in total. The standard InChI is InChI=1S/C12H20N2O2S2/c1-9-7-12(10(2)17-9)18(15,16)14-5-3-11(8-13)4-6-14/h7,11H,3-6,8,13H2,1-2H3. The highest BCUT2D eigenvalue weighted by Gasteiger charge is 2.30. The number of rotatable bonds is 3. The number of aryl methyl sites for hydroxylation is 2. The van der Waals surface area contributed by atoms with Gasteiger partial charge in [0.25, 0.3) is 0 Å². The van der Waals surface area contributed by atoms with E-state index >= 15 is 0 Å². The van der Waals surface area contributed by atoms with Crippen LogP contribution in [0.1, 0.15) is 22.6 Å². The minimum atomic E-state index is -3.30. The number of sulfonamides is 1. The van der Waals surface area contributed by atoms with E-state index in [2.05, 4.69) is 0 Å². The van der Waals surface area contributed by atoms with Gasteiger partial charge in [-0.05, 0) is 45.2 Å². The van der Waals surface area contributed by atoms with Crippen LogP contribution in [0, 0.1) is 19.8 Å². The third kappa shape index (κ3) is 2.61. The number of thiophene rings is 1. The summed E-state index contributed by atoms with van der Waals surface area (Å²) >= 11 is 1.54. The molecule has 1 aliphatic rings. The Bertz CT molecular complexity index is 514. The zero-order chi connectivity index (χ0) is 13.3. The Balaban J connectivity index is 2.20. The van der Waals surface area contributed by atoms with Crippen molar-refractivity contribution in [2.24, 2.45) is 11.7 Å². The summed E-state index contributed by atoms with van der Waals surface area (Å²) in [6.45, 7) is 5.66. The normalized spacial score (nSPS) is 19.3. The van der Waals surface area contributed by atoms with Crippen LogP contribution in [0.25, 0.3) is 0 Å². The van der Waals surface area contributed by atoms with Gasteiger partial charge in [-0.25, -0.2) is 8.42 Å². The van der Waals surface area contributed by atoms with Crippen molar-refractivity contribution < 1.29 is 8.42 Å². The van der Waals surface area contributed by atoms with E-state index < -0.39 is 10.0 Å². The van der Waals surface area contributed by atoms with Crippen LogP contribution in [0.3, 0.4) is 0 Å². The van der Waals surface area contributed by atoms with Crippen LogP contribution in [0.15, 0.2) is 11.0 Å². The molecule has 1 saturated heterocycles. The summed E-state index contributed by atoms with van der Waals surface area (Å²) in [5, 5.41) is 0. The van der Waals surface area contributed by atoms with Crippen molar-refractivity contribution in [3.05, 3.63) is 15.8 Å². The molecule has 0 atom stereocenters. The van der Waals surface area contributed by atoms with Gasteiger partial charge in [0.15, 0.2) is 0 Å². The Morgan fingerprint density at radius 1 is 1.39 bits per heavy atom. The Kier molecular flexibility index (Phi) is 4.11. The molecule has 0 saturated carbocycles. The highest BCUT2D eigenvalue weighted by atomic mass is 32.2. The lowest BCUT2D eigenvalue weighted by Gasteiger charge is -2.30. The maximum Gasteiger partial charge on any atom is 0.244 e. The zero-order valence-electron chi connectivity index (χ0n) is 10.8. The second-order valence-electron chi connectivity index (χ2n) is 4.86. The van der Waals surface area contributed by atoms with Crippen LogP contribution < -0.4 is 5.73 Å². The topological polar surface area (TPSA) is 63.4 Å².